The molecule has 1 N–H and O–H groups in total. The van der Waals surface area contributed by atoms with E-state index in [-0.39, 0.29) is 24.1 Å². The molecular formula is C28H31ClF2N2O4. The molecule has 0 saturated heterocycles. The van der Waals surface area contributed by atoms with Gasteiger partial charge in [0.05, 0.1) is 25.0 Å². The molecule has 0 aliphatic carbocycles. The van der Waals surface area contributed by atoms with Crippen molar-refractivity contribution in [1.29, 1.82) is 0 Å². The van der Waals surface area contributed by atoms with Crippen molar-refractivity contribution in [2.75, 3.05) is 33.5 Å². The molecular weight excluding hydrogens is 502 g/mol. The zero-order valence-electron chi connectivity index (χ0n) is 21.4. The summed E-state index contributed by atoms with van der Waals surface area (Å²) in [7, 11) is 1.45. The summed E-state index contributed by atoms with van der Waals surface area (Å²) in [6, 6.07) is 9.19. The second-order valence-corrected chi connectivity index (χ2v) is 9.55. The van der Waals surface area contributed by atoms with Crippen molar-refractivity contribution in [3.8, 4) is 11.5 Å². The number of hydrogen-bond acceptors (Lipinski definition) is 5. The van der Waals surface area contributed by atoms with Gasteiger partial charge >= 0.3 is 0 Å². The molecule has 37 heavy (non-hydrogen) atoms. The number of benzene rings is 2. The maximum Gasteiger partial charge on any atom is 0.251 e. The summed E-state index contributed by atoms with van der Waals surface area (Å²) in [6.45, 7) is 5.90. The van der Waals surface area contributed by atoms with Crippen LogP contribution in [0.1, 0.15) is 43.1 Å². The Morgan fingerprint density at radius 1 is 1.22 bits per heavy atom. The van der Waals surface area contributed by atoms with Crippen LogP contribution in [0.4, 0.5) is 8.78 Å². The second-order valence-electron chi connectivity index (χ2n) is 9.14. The Morgan fingerprint density at radius 2 is 1.97 bits per heavy atom. The van der Waals surface area contributed by atoms with E-state index in [0.717, 1.165) is 17.7 Å². The minimum absolute atomic E-state index is 0.0209. The lowest BCUT2D eigenvalue weighted by Gasteiger charge is -2.27. The Balaban J connectivity index is 1.82. The predicted molar refractivity (Wildman–Crippen MR) is 141 cm³/mol. The Labute approximate surface area is 221 Å². The summed E-state index contributed by atoms with van der Waals surface area (Å²) < 4.78 is 42.1. The lowest BCUT2D eigenvalue weighted by atomic mass is 9.87. The number of carbonyl (C=O) groups excluding carboxylic acids is 1. The molecule has 0 aromatic heterocycles. The average molecular weight is 533 g/mol. The van der Waals surface area contributed by atoms with Gasteiger partial charge in [-0.1, -0.05) is 31.5 Å². The standard InChI is InChI=1S/C28H31ClF2N2O4/c1-18(20-5-7-23(31)22(29)14-20)33-26(13-19-9-11-36-16-19)28(2,3)17-32-27(34)21-6-8-24(37-12-10-30)25(15-21)35-4/h5-8,13-16H,9-12,17H2,1-4H3,(H,32,34)/b26-13-,33-18?. The van der Waals surface area contributed by atoms with Crippen LogP contribution in [0.15, 0.2) is 65.0 Å². The zero-order chi connectivity index (χ0) is 27.0. The number of halogens is 3. The van der Waals surface area contributed by atoms with E-state index in [2.05, 4.69) is 5.32 Å². The topological polar surface area (TPSA) is 69.2 Å². The lowest BCUT2D eigenvalue weighted by Crippen LogP contribution is -2.35. The average Bonchev–Trinajstić information content (AvgIpc) is 3.40. The van der Waals surface area contributed by atoms with Crippen LogP contribution in [0.3, 0.4) is 0 Å². The van der Waals surface area contributed by atoms with Crippen LogP contribution in [0.2, 0.25) is 5.02 Å². The van der Waals surface area contributed by atoms with Gasteiger partial charge in [0.15, 0.2) is 11.5 Å². The van der Waals surface area contributed by atoms with Crippen LogP contribution in [-0.4, -0.2) is 45.2 Å². The maximum absolute atomic E-state index is 13.7. The molecule has 0 bridgehead atoms. The van der Waals surface area contributed by atoms with Crippen molar-refractivity contribution in [2.24, 2.45) is 10.4 Å². The van der Waals surface area contributed by atoms with Gasteiger partial charge < -0.3 is 19.5 Å². The Hall–Kier alpha value is -3.39. The Kier molecular flexibility index (Phi) is 9.69. The van der Waals surface area contributed by atoms with E-state index in [1.165, 1.54) is 19.2 Å². The van der Waals surface area contributed by atoms with Crippen molar-refractivity contribution in [1.82, 2.24) is 5.32 Å². The van der Waals surface area contributed by atoms with E-state index in [9.17, 15) is 13.6 Å². The molecule has 1 aliphatic heterocycles. The molecule has 2 aromatic carbocycles. The van der Waals surface area contributed by atoms with E-state index >= 15 is 0 Å². The molecule has 9 heteroatoms. The van der Waals surface area contributed by atoms with Crippen LogP contribution < -0.4 is 14.8 Å². The fraction of sp³-hybridized carbons (Fsp3) is 0.357. The number of carbonyl (C=O) groups is 1. The first-order valence-electron chi connectivity index (χ1n) is 11.8. The highest BCUT2D eigenvalue weighted by Crippen LogP contribution is 2.31. The molecule has 0 fully saturated rings. The molecule has 0 unspecified atom stereocenters. The van der Waals surface area contributed by atoms with Crippen molar-refractivity contribution in [2.45, 2.75) is 27.2 Å². The van der Waals surface area contributed by atoms with Gasteiger partial charge in [0.1, 0.15) is 19.1 Å². The molecule has 6 nitrogen and oxygen atoms in total. The van der Waals surface area contributed by atoms with Crippen molar-refractivity contribution in [3.63, 3.8) is 0 Å². The Bertz CT molecular complexity index is 1220. The number of alkyl halides is 1. The SMILES string of the molecule is COc1cc(C(=O)NCC(C)(C)/C(=C/C2=COCC2)N=C(C)c2ccc(F)c(Cl)c2)ccc1OCCF. The van der Waals surface area contributed by atoms with Gasteiger partial charge in [-0.15, -0.1) is 0 Å². The molecule has 0 atom stereocenters. The van der Waals surface area contributed by atoms with Gasteiger partial charge in [-0.2, -0.15) is 0 Å². The number of nitrogens with zero attached hydrogens (tertiary/aromatic N) is 1. The summed E-state index contributed by atoms with van der Waals surface area (Å²) in [5, 5.41) is 2.98. The Morgan fingerprint density at radius 3 is 2.62 bits per heavy atom. The lowest BCUT2D eigenvalue weighted by molar-refractivity contribution is 0.0941. The summed E-state index contributed by atoms with van der Waals surface area (Å²) >= 11 is 5.97. The summed E-state index contributed by atoms with van der Waals surface area (Å²) in [4.78, 5) is 17.8. The summed E-state index contributed by atoms with van der Waals surface area (Å²) in [5.41, 5.74) is 2.83. The third-order valence-electron chi connectivity index (χ3n) is 5.84. The summed E-state index contributed by atoms with van der Waals surface area (Å²) in [6.07, 6.45) is 4.40. The van der Waals surface area contributed by atoms with E-state index < -0.39 is 17.9 Å². The van der Waals surface area contributed by atoms with Gasteiger partial charge in [-0.05, 0) is 54.5 Å². The number of rotatable bonds is 11. The van der Waals surface area contributed by atoms with Crippen LogP contribution >= 0.6 is 11.6 Å². The molecule has 0 radical (unpaired) electrons. The first-order valence-corrected chi connectivity index (χ1v) is 12.2. The highest BCUT2D eigenvalue weighted by atomic mass is 35.5. The third-order valence-corrected chi connectivity index (χ3v) is 6.13. The number of aliphatic imine (C=N–C) groups is 1. The normalized spacial score (nSPS) is 14.2. The molecule has 3 rings (SSSR count). The van der Waals surface area contributed by atoms with Crippen molar-refractivity contribution in [3.05, 3.63) is 82.0 Å². The highest BCUT2D eigenvalue weighted by Gasteiger charge is 2.26. The van der Waals surface area contributed by atoms with E-state index in [4.69, 9.17) is 30.8 Å². The van der Waals surface area contributed by atoms with E-state index in [0.29, 0.717) is 34.9 Å². The van der Waals surface area contributed by atoms with E-state index in [1.807, 2.05) is 26.8 Å². The molecule has 1 aliphatic rings. The minimum atomic E-state index is -0.629. The number of allylic oxidation sites excluding steroid dienone is 1. The van der Waals surface area contributed by atoms with Gasteiger partial charge in [-0.3, -0.25) is 9.79 Å². The number of amides is 1. The number of methoxy groups -OCH3 is 1. The van der Waals surface area contributed by atoms with Crippen LogP contribution in [0, 0.1) is 11.2 Å². The third kappa shape index (κ3) is 7.55. The van der Waals surface area contributed by atoms with Crippen LogP contribution in [0.5, 0.6) is 11.5 Å². The fourth-order valence-corrected chi connectivity index (χ4v) is 3.78. The highest BCUT2D eigenvalue weighted by molar-refractivity contribution is 6.31. The van der Waals surface area contributed by atoms with Gasteiger partial charge in [0, 0.05) is 35.4 Å². The van der Waals surface area contributed by atoms with Gasteiger partial charge in [0.2, 0.25) is 0 Å². The monoisotopic (exact) mass is 532 g/mol. The second kappa shape index (κ2) is 12.7. The number of nitrogens with one attached hydrogen (secondary N) is 1. The number of ether oxygens (including phenoxy) is 3. The minimum Gasteiger partial charge on any atom is -0.501 e. The number of hydrogen-bond donors (Lipinski definition) is 1. The quantitative estimate of drug-likeness (QED) is 0.345. The summed E-state index contributed by atoms with van der Waals surface area (Å²) in [5.74, 6) is -0.103. The maximum atomic E-state index is 13.7. The van der Waals surface area contributed by atoms with E-state index in [1.54, 1.807) is 30.5 Å². The molecule has 198 valence electrons. The van der Waals surface area contributed by atoms with Crippen LogP contribution in [-0.2, 0) is 4.74 Å². The molecule has 2 aromatic rings. The molecule has 1 amide bonds. The van der Waals surface area contributed by atoms with Crippen LogP contribution in [0.25, 0.3) is 0 Å². The molecule has 0 spiro atoms. The fourth-order valence-electron chi connectivity index (χ4n) is 3.60. The molecule has 0 saturated carbocycles. The van der Waals surface area contributed by atoms with Crippen molar-refractivity contribution >= 4 is 23.2 Å². The largest absolute Gasteiger partial charge is 0.501 e. The van der Waals surface area contributed by atoms with Gasteiger partial charge in [0.25, 0.3) is 5.91 Å². The smallest absolute Gasteiger partial charge is 0.251 e. The van der Waals surface area contributed by atoms with Crippen molar-refractivity contribution < 1.29 is 27.8 Å². The first-order chi connectivity index (χ1) is 17.6. The van der Waals surface area contributed by atoms with Gasteiger partial charge in [-0.25, -0.2) is 8.78 Å². The first kappa shape index (κ1) is 28.2. The zero-order valence-corrected chi connectivity index (χ0v) is 22.1. The predicted octanol–water partition coefficient (Wildman–Crippen LogP) is 6.29. The molecule has 1 heterocycles.